The molecule has 1 rings (SSSR count). The average Bonchev–Trinajstić information content (AvgIpc) is 2.35. The van der Waals surface area contributed by atoms with Gasteiger partial charge in [-0.05, 0) is 13.8 Å². The molecule has 0 saturated carbocycles. The molecule has 0 fully saturated rings. The van der Waals surface area contributed by atoms with E-state index in [1.807, 2.05) is 0 Å². The zero-order chi connectivity index (χ0) is 15.6. The molecule has 8 heteroatoms. The predicted octanol–water partition coefficient (Wildman–Crippen LogP) is 2.59. The summed E-state index contributed by atoms with van der Waals surface area (Å²) in [5.41, 5.74) is -3.09. The standard InChI is InChI=1S/C12H10F4O4/c1-4(2)20-12(18)6-9(15)7(13)5(11(17)19-3)8(14)10(6)16/h4H,1-3H3. The van der Waals surface area contributed by atoms with Crippen molar-refractivity contribution in [2.45, 2.75) is 20.0 Å². The maximum absolute atomic E-state index is 13.6. The van der Waals surface area contributed by atoms with Crippen LogP contribution in [0.3, 0.4) is 0 Å². The molecule has 0 amide bonds. The van der Waals surface area contributed by atoms with Gasteiger partial charge >= 0.3 is 11.9 Å². The van der Waals surface area contributed by atoms with E-state index in [0.717, 1.165) is 7.11 Å². The van der Waals surface area contributed by atoms with Gasteiger partial charge in [-0.15, -0.1) is 0 Å². The van der Waals surface area contributed by atoms with Crippen molar-refractivity contribution < 1.29 is 36.6 Å². The van der Waals surface area contributed by atoms with Gasteiger partial charge < -0.3 is 9.47 Å². The fourth-order valence-corrected chi connectivity index (χ4v) is 1.37. The van der Waals surface area contributed by atoms with Crippen LogP contribution in [0.4, 0.5) is 17.6 Å². The molecular formula is C12H10F4O4. The Labute approximate surface area is 111 Å². The molecule has 110 valence electrons. The minimum Gasteiger partial charge on any atom is -0.465 e. The first-order valence-electron chi connectivity index (χ1n) is 5.37. The van der Waals surface area contributed by atoms with Gasteiger partial charge in [0.25, 0.3) is 0 Å². The van der Waals surface area contributed by atoms with Crippen LogP contribution in [-0.4, -0.2) is 25.2 Å². The van der Waals surface area contributed by atoms with Crippen LogP contribution >= 0.6 is 0 Å². The van der Waals surface area contributed by atoms with E-state index < -0.39 is 52.4 Å². The Morgan fingerprint density at radius 3 is 1.50 bits per heavy atom. The molecule has 0 aliphatic heterocycles. The monoisotopic (exact) mass is 294 g/mol. The molecule has 0 heterocycles. The number of hydrogen-bond acceptors (Lipinski definition) is 4. The second-order valence-corrected chi connectivity index (χ2v) is 3.95. The SMILES string of the molecule is COC(=O)c1c(F)c(F)c(C(=O)OC(C)C)c(F)c1F. The highest BCUT2D eigenvalue weighted by atomic mass is 19.2. The fourth-order valence-electron chi connectivity index (χ4n) is 1.37. The number of rotatable bonds is 3. The van der Waals surface area contributed by atoms with Crippen LogP contribution in [0.5, 0.6) is 0 Å². The number of carbonyl (C=O) groups is 2. The molecule has 0 bridgehead atoms. The summed E-state index contributed by atoms with van der Waals surface area (Å²) in [6, 6.07) is 0. The number of hydrogen-bond donors (Lipinski definition) is 0. The summed E-state index contributed by atoms with van der Waals surface area (Å²) >= 11 is 0. The topological polar surface area (TPSA) is 52.6 Å². The third-order valence-corrected chi connectivity index (χ3v) is 2.20. The molecule has 20 heavy (non-hydrogen) atoms. The molecule has 0 unspecified atom stereocenters. The van der Waals surface area contributed by atoms with Crippen molar-refractivity contribution in [3.63, 3.8) is 0 Å². The van der Waals surface area contributed by atoms with E-state index in [1.54, 1.807) is 0 Å². The van der Waals surface area contributed by atoms with Gasteiger partial charge in [0, 0.05) is 0 Å². The minimum atomic E-state index is -2.02. The van der Waals surface area contributed by atoms with E-state index in [2.05, 4.69) is 9.47 Å². The predicted molar refractivity (Wildman–Crippen MR) is 58.2 cm³/mol. The number of ether oxygens (including phenoxy) is 2. The maximum atomic E-state index is 13.6. The van der Waals surface area contributed by atoms with Crippen LogP contribution in [0.25, 0.3) is 0 Å². The molecule has 0 N–H and O–H groups in total. The normalized spacial score (nSPS) is 10.6. The maximum Gasteiger partial charge on any atom is 0.344 e. The van der Waals surface area contributed by atoms with Crippen molar-refractivity contribution >= 4 is 11.9 Å². The van der Waals surface area contributed by atoms with Crippen molar-refractivity contribution in [2.24, 2.45) is 0 Å². The number of benzene rings is 1. The summed E-state index contributed by atoms with van der Waals surface area (Å²) in [5.74, 6) is -11.3. The van der Waals surface area contributed by atoms with E-state index >= 15 is 0 Å². The van der Waals surface area contributed by atoms with Crippen LogP contribution in [0.2, 0.25) is 0 Å². The van der Waals surface area contributed by atoms with Crippen molar-refractivity contribution in [1.29, 1.82) is 0 Å². The number of esters is 2. The van der Waals surface area contributed by atoms with Gasteiger partial charge in [0.1, 0.15) is 11.1 Å². The molecule has 4 nitrogen and oxygen atoms in total. The molecule has 0 spiro atoms. The van der Waals surface area contributed by atoms with Gasteiger partial charge in [0.15, 0.2) is 23.3 Å². The Kier molecular flexibility index (Phi) is 4.69. The molecule has 1 aromatic carbocycles. The first-order valence-corrected chi connectivity index (χ1v) is 5.37. The van der Waals surface area contributed by atoms with Gasteiger partial charge in [-0.1, -0.05) is 0 Å². The van der Waals surface area contributed by atoms with Crippen molar-refractivity contribution in [1.82, 2.24) is 0 Å². The highest BCUT2D eigenvalue weighted by Crippen LogP contribution is 2.25. The average molecular weight is 294 g/mol. The highest BCUT2D eigenvalue weighted by Gasteiger charge is 2.33. The zero-order valence-electron chi connectivity index (χ0n) is 10.7. The summed E-state index contributed by atoms with van der Waals surface area (Å²) in [6.07, 6.45) is -0.757. The van der Waals surface area contributed by atoms with Crippen molar-refractivity contribution in [2.75, 3.05) is 7.11 Å². The third-order valence-electron chi connectivity index (χ3n) is 2.20. The number of halogens is 4. The van der Waals surface area contributed by atoms with Gasteiger partial charge in [-0.3, -0.25) is 0 Å². The van der Waals surface area contributed by atoms with Crippen molar-refractivity contribution in [3.8, 4) is 0 Å². The second-order valence-electron chi connectivity index (χ2n) is 3.95. The van der Waals surface area contributed by atoms with Gasteiger partial charge in [-0.25, -0.2) is 27.2 Å². The fraction of sp³-hybridized carbons (Fsp3) is 0.333. The van der Waals surface area contributed by atoms with E-state index in [-0.39, 0.29) is 0 Å². The second kappa shape index (κ2) is 5.89. The molecule has 0 radical (unpaired) electrons. The Hall–Kier alpha value is -2.12. The van der Waals surface area contributed by atoms with E-state index in [1.165, 1.54) is 13.8 Å². The molecule has 0 saturated heterocycles. The molecule has 1 aromatic rings. The smallest absolute Gasteiger partial charge is 0.344 e. The quantitative estimate of drug-likeness (QED) is 0.488. The van der Waals surface area contributed by atoms with E-state index in [4.69, 9.17) is 0 Å². The Morgan fingerprint density at radius 1 is 0.850 bits per heavy atom. The van der Waals surface area contributed by atoms with Crippen LogP contribution in [0.15, 0.2) is 0 Å². The summed E-state index contributed by atoms with van der Waals surface area (Å²) in [7, 11) is 0.776. The lowest BCUT2D eigenvalue weighted by Gasteiger charge is -2.12. The first kappa shape index (κ1) is 15.9. The van der Waals surface area contributed by atoms with Crippen LogP contribution in [0.1, 0.15) is 34.6 Å². The Morgan fingerprint density at radius 2 is 1.20 bits per heavy atom. The summed E-state index contributed by atoms with van der Waals surface area (Å²) in [4.78, 5) is 22.5. The third kappa shape index (κ3) is 2.73. The van der Waals surface area contributed by atoms with Gasteiger partial charge in [-0.2, -0.15) is 0 Å². The highest BCUT2D eigenvalue weighted by molar-refractivity contribution is 5.94. The van der Waals surface area contributed by atoms with E-state index in [0.29, 0.717) is 0 Å². The molecule has 0 aliphatic carbocycles. The molecular weight excluding hydrogens is 284 g/mol. The van der Waals surface area contributed by atoms with Crippen LogP contribution in [-0.2, 0) is 9.47 Å². The van der Waals surface area contributed by atoms with Crippen LogP contribution in [0, 0.1) is 23.3 Å². The first-order chi connectivity index (χ1) is 9.22. The number of methoxy groups -OCH3 is 1. The minimum absolute atomic E-state index is 0.757. The summed E-state index contributed by atoms with van der Waals surface area (Å²) in [5, 5.41) is 0. The molecule has 0 aliphatic rings. The summed E-state index contributed by atoms with van der Waals surface area (Å²) < 4.78 is 62.8. The van der Waals surface area contributed by atoms with Gasteiger partial charge in [0.05, 0.1) is 13.2 Å². The molecule has 0 aromatic heterocycles. The Bertz CT molecular complexity index is 540. The van der Waals surface area contributed by atoms with Crippen molar-refractivity contribution in [3.05, 3.63) is 34.4 Å². The lowest BCUT2D eigenvalue weighted by molar-refractivity contribution is 0.0361. The number of carbonyl (C=O) groups excluding carboxylic acids is 2. The van der Waals surface area contributed by atoms with Gasteiger partial charge in [0.2, 0.25) is 0 Å². The lowest BCUT2D eigenvalue weighted by Crippen LogP contribution is -2.20. The largest absolute Gasteiger partial charge is 0.465 e. The Balaban J connectivity index is 3.52. The van der Waals surface area contributed by atoms with Crippen LogP contribution < -0.4 is 0 Å². The lowest BCUT2D eigenvalue weighted by atomic mass is 10.1. The van der Waals surface area contributed by atoms with E-state index in [9.17, 15) is 27.2 Å². The zero-order valence-corrected chi connectivity index (χ0v) is 10.7. The molecule has 0 atom stereocenters. The summed E-state index contributed by atoms with van der Waals surface area (Å²) in [6.45, 7) is 2.76.